The standard InChI is InChI=1S/C20H28N6O2.ClH/c1-14-18(23-24-26(14)16-9-11-21-12-10-16)19(27)22-17(20(28)25(2)3)13-15-7-5-4-6-8-15;/h4-8,16-17,21H,9-13H2,1-3H3,(H,22,27);1H. The molecule has 0 saturated carbocycles. The van der Waals surface area contributed by atoms with E-state index in [9.17, 15) is 9.59 Å². The Morgan fingerprint density at radius 3 is 2.52 bits per heavy atom. The number of hydrogen-bond acceptors (Lipinski definition) is 5. The molecular formula is C20H29ClN6O2. The van der Waals surface area contributed by atoms with Crippen molar-refractivity contribution in [2.45, 2.75) is 38.3 Å². The van der Waals surface area contributed by atoms with Crippen LogP contribution in [0.25, 0.3) is 0 Å². The topological polar surface area (TPSA) is 92.2 Å². The van der Waals surface area contributed by atoms with Gasteiger partial charge in [0.15, 0.2) is 5.69 Å². The molecule has 2 aromatic rings. The van der Waals surface area contributed by atoms with Gasteiger partial charge in [-0.1, -0.05) is 35.5 Å². The van der Waals surface area contributed by atoms with E-state index in [0.717, 1.165) is 37.2 Å². The molecule has 8 nitrogen and oxygen atoms in total. The summed E-state index contributed by atoms with van der Waals surface area (Å²) in [6.45, 7) is 3.72. The zero-order valence-corrected chi connectivity index (χ0v) is 17.9. The predicted molar refractivity (Wildman–Crippen MR) is 113 cm³/mol. The SMILES string of the molecule is Cc1c(C(=O)NC(Cc2ccccc2)C(=O)N(C)C)nnn1C1CCNCC1.Cl. The van der Waals surface area contributed by atoms with Crippen molar-refractivity contribution in [3.8, 4) is 0 Å². The molecule has 0 bridgehead atoms. The lowest BCUT2D eigenvalue weighted by atomic mass is 10.0. The minimum absolute atomic E-state index is 0. The van der Waals surface area contributed by atoms with Crippen molar-refractivity contribution in [1.82, 2.24) is 30.5 Å². The van der Waals surface area contributed by atoms with E-state index in [4.69, 9.17) is 0 Å². The lowest BCUT2D eigenvalue weighted by Crippen LogP contribution is -2.47. The summed E-state index contributed by atoms with van der Waals surface area (Å²) in [5.74, 6) is -0.519. The van der Waals surface area contributed by atoms with Crippen molar-refractivity contribution < 1.29 is 9.59 Å². The van der Waals surface area contributed by atoms with Crippen LogP contribution in [0.1, 0.15) is 40.6 Å². The summed E-state index contributed by atoms with van der Waals surface area (Å²) in [5, 5.41) is 14.5. The van der Waals surface area contributed by atoms with Crippen molar-refractivity contribution in [3.63, 3.8) is 0 Å². The van der Waals surface area contributed by atoms with Crippen molar-refractivity contribution in [1.29, 1.82) is 0 Å². The number of nitrogens with zero attached hydrogens (tertiary/aromatic N) is 4. The van der Waals surface area contributed by atoms with Crippen LogP contribution in [0, 0.1) is 6.92 Å². The predicted octanol–water partition coefficient (Wildman–Crippen LogP) is 1.36. The number of carbonyl (C=O) groups excluding carboxylic acids is 2. The quantitative estimate of drug-likeness (QED) is 0.736. The maximum absolute atomic E-state index is 12.9. The molecule has 0 aliphatic carbocycles. The number of benzene rings is 1. The number of hydrogen-bond donors (Lipinski definition) is 2. The van der Waals surface area contributed by atoms with E-state index in [1.165, 1.54) is 4.90 Å². The van der Waals surface area contributed by atoms with Crippen LogP contribution in [0.15, 0.2) is 30.3 Å². The van der Waals surface area contributed by atoms with Gasteiger partial charge in [0.25, 0.3) is 5.91 Å². The van der Waals surface area contributed by atoms with Gasteiger partial charge in [-0.3, -0.25) is 9.59 Å². The van der Waals surface area contributed by atoms with E-state index in [1.54, 1.807) is 14.1 Å². The Hall–Kier alpha value is -2.45. The lowest BCUT2D eigenvalue weighted by molar-refractivity contribution is -0.130. The van der Waals surface area contributed by atoms with Crippen molar-refractivity contribution in [2.75, 3.05) is 27.2 Å². The summed E-state index contributed by atoms with van der Waals surface area (Å²) in [4.78, 5) is 27.0. The Kier molecular flexibility index (Phi) is 8.16. The molecule has 1 aliphatic heterocycles. The highest BCUT2D eigenvalue weighted by atomic mass is 35.5. The Labute approximate surface area is 177 Å². The lowest BCUT2D eigenvalue weighted by Gasteiger charge is -2.23. The number of halogens is 1. The third kappa shape index (κ3) is 5.55. The van der Waals surface area contributed by atoms with Gasteiger partial charge in [-0.2, -0.15) is 0 Å². The second-order valence-corrected chi connectivity index (χ2v) is 7.40. The largest absolute Gasteiger partial charge is 0.347 e. The van der Waals surface area contributed by atoms with Crippen LogP contribution in [-0.2, 0) is 11.2 Å². The Morgan fingerprint density at radius 2 is 1.90 bits per heavy atom. The fourth-order valence-electron chi connectivity index (χ4n) is 3.54. The number of amides is 2. The molecule has 0 radical (unpaired) electrons. The molecule has 1 atom stereocenters. The smallest absolute Gasteiger partial charge is 0.274 e. The first-order valence-corrected chi connectivity index (χ1v) is 9.66. The fourth-order valence-corrected chi connectivity index (χ4v) is 3.54. The van der Waals surface area contributed by atoms with Crippen LogP contribution in [0.4, 0.5) is 0 Å². The minimum Gasteiger partial charge on any atom is -0.347 e. The van der Waals surface area contributed by atoms with Crippen LogP contribution < -0.4 is 10.6 Å². The highest BCUT2D eigenvalue weighted by molar-refractivity contribution is 5.96. The molecule has 0 spiro atoms. The second-order valence-electron chi connectivity index (χ2n) is 7.40. The number of nitrogens with one attached hydrogen (secondary N) is 2. The van der Waals surface area contributed by atoms with E-state index in [-0.39, 0.29) is 36.0 Å². The monoisotopic (exact) mass is 420 g/mol. The first kappa shape index (κ1) is 22.8. The normalized spacial score (nSPS) is 15.3. The van der Waals surface area contributed by atoms with E-state index in [2.05, 4.69) is 20.9 Å². The molecule has 1 fully saturated rings. The van der Waals surface area contributed by atoms with E-state index >= 15 is 0 Å². The first-order valence-electron chi connectivity index (χ1n) is 9.66. The molecule has 1 unspecified atom stereocenters. The highest BCUT2D eigenvalue weighted by Crippen LogP contribution is 2.20. The molecule has 1 aromatic carbocycles. The molecule has 3 rings (SSSR count). The maximum Gasteiger partial charge on any atom is 0.274 e. The Morgan fingerprint density at radius 1 is 1.24 bits per heavy atom. The molecule has 29 heavy (non-hydrogen) atoms. The number of likely N-dealkylation sites (N-methyl/N-ethyl adjacent to an activating group) is 1. The average Bonchev–Trinajstić information content (AvgIpc) is 3.09. The second kappa shape index (κ2) is 10.4. The van der Waals surface area contributed by atoms with E-state index < -0.39 is 6.04 Å². The molecular weight excluding hydrogens is 392 g/mol. The van der Waals surface area contributed by atoms with Crippen LogP contribution in [0.2, 0.25) is 0 Å². The van der Waals surface area contributed by atoms with Gasteiger partial charge in [-0.05, 0) is 38.4 Å². The van der Waals surface area contributed by atoms with Gasteiger partial charge >= 0.3 is 0 Å². The number of piperidine rings is 1. The summed E-state index contributed by atoms with van der Waals surface area (Å²) in [6.07, 6.45) is 2.34. The van der Waals surface area contributed by atoms with Gasteiger partial charge in [-0.15, -0.1) is 17.5 Å². The third-order valence-corrected chi connectivity index (χ3v) is 5.12. The summed E-state index contributed by atoms with van der Waals surface area (Å²) in [6, 6.07) is 9.24. The third-order valence-electron chi connectivity index (χ3n) is 5.12. The van der Waals surface area contributed by atoms with Gasteiger partial charge in [-0.25, -0.2) is 4.68 Å². The van der Waals surface area contributed by atoms with Crippen molar-refractivity contribution >= 4 is 24.2 Å². The molecule has 1 aromatic heterocycles. The van der Waals surface area contributed by atoms with Crippen LogP contribution in [-0.4, -0.2) is 64.9 Å². The van der Waals surface area contributed by atoms with Gasteiger partial charge in [0, 0.05) is 20.5 Å². The number of aromatic nitrogens is 3. The van der Waals surface area contributed by atoms with Gasteiger partial charge in [0.2, 0.25) is 5.91 Å². The van der Waals surface area contributed by atoms with Gasteiger partial charge in [0.1, 0.15) is 6.04 Å². The number of rotatable bonds is 6. The zero-order valence-electron chi connectivity index (χ0n) is 17.1. The molecule has 2 heterocycles. The van der Waals surface area contributed by atoms with Gasteiger partial charge < -0.3 is 15.5 Å². The first-order chi connectivity index (χ1) is 13.5. The molecule has 2 amide bonds. The van der Waals surface area contributed by atoms with Crippen molar-refractivity contribution in [3.05, 3.63) is 47.3 Å². The highest BCUT2D eigenvalue weighted by Gasteiger charge is 2.27. The van der Waals surface area contributed by atoms with Gasteiger partial charge in [0.05, 0.1) is 11.7 Å². The average molecular weight is 421 g/mol. The summed E-state index contributed by atoms with van der Waals surface area (Å²) < 4.78 is 1.84. The van der Waals surface area contributed by atoms with E-state index in [0.29, 0.717) is 6.42 Å². The van der Waals surface area contributed by atoms with Crippen LogP contribution in [0.3, 0.4) is 0 Å². The summed E-state index contributed by atoms with van der Waals surface area (Å²) >= 11 is 0. The molecule has 2 N–H and O–H groups in total. The summed E-state index contributed by atoms with van der Waals surface area (Å²) in [5.41, 5.74) is 2.00. The van der Waals surface area contributed by atoms with E-state index in [1.807, 2.05) is 41.9 Å². The van der Waals surface area contributed by atoms with Crippen LogP contribution >= 0.6 is 12.4 Å². The zero-order chi connectivity index (χ0) is 20.1. The van der Waals surface area contributed by atoms with Crippen molar-refractivity contribution in [2.24, 2.45) is 0 Å². The molecule has 158 valence electrons. The Bertz CT molecular complexity index is 818. The fraction of sp³-hybridized carbons (Fsp3) is 0.500. The van der Waals surface area contributed by atoms with Crippen LogP contribution in [0.5, 0.6) is 0 Å². The molecule has 9 heteroatoms. The minimum atomic E-state index is -0.659. The maximum atomic E-state index is 12.9. The number of carbonyl (C=O) groups is 2. The molecule has 1 saturated heterocycles. The summed E-state index contributed by atoms with van der Waals surface area (Å²) in [7, 11) is 3.37. The Balaban J connectivity index is 0.00000300. The molecule has 1 aliphatic rings.